The maximum absolute atomic E-state index is 6.12. The van der Waals surface area contributed by atoms with Gasteiger partial charge in [-0.2, -0.15) is 0 Å². The van der Waals surface area contributed by atoms with Gasteiger partial charge in [0.05, 0.1) is 11.0 Å². The SMILES string of the molecule is Cc1cc(-n2c3ccccc3c3ccccc32)cc2c1oc1ccccc12. The van der Waals surface area contributed by atoms with Gasteiger partial charge in [-0.25, -0.2) is 0 Å². The van der Waals surface area contributed by atoms with Gasteiger partial charge < -0.3 is 8.98 Å². The number of benzene rings is 4. The van der Waals surface area contributed by atoms with E-state index in [1.165, 1.54) is 38.3 Å². The molecule has 0 aliphatic heterocycles. The Balaban J connectivity index is 1.79. The molecule has 2 aromatic heterocycles. The van der Waals surface area contributed by atoms with E-state index in [1.807, 2.05) is 12.1 Å². The number of furan rings is 1. The number of rotatable bonds is 1. The maximum atomic E-state index is 6.12. The van der Waals surface area contributed by atoms with Crippen molar-refractivity contribution in [3.63, 3.8) is 0 Å². The average molecular weight is 347 g/mol. The molecule has 0 N–H and O–H groups in total. The Morgan fingerprint density at radius 1 is 0.630 bits per heavy atom. The van der Waals surface area contributed by atoms with E-state index in [9.17, 15) is 0 Å². The van der Waals surface area contributed by atoms with Crippen molar-refractivity contribution < 1.29 is 4.42 Å². The largest absolute Gasteiger partial charge is 0.456 e. The molecule has 0 aliphatic carbocycles. The summed E-state index contributed by atoms with van der Waals surface area (Å²) in [5.41, 5.74) is 6.69. The van der Waals surface area contributed by atoms with Gasteiger partial charge in [-0.3, -0.25) is 0 Å². The molecule has 0 saturated carbocycles. The van der Waals surface area contributed by atoms with Crippen LogP contribution in [0.2, 0.25) is 0 Å². The zero-order valence-electron chi connectivity index (χ0n) is 14.9. The lowest BCUT2D eigenvalue weighted by Crippen LogP contribution is -1.94. The van der Waals surface area contributed by atoms with Crippen LogP contribution in [-0.4, -0.2) is 4.57 Å². The second-order valence-corrected chi connectivity index (χ2v) is 7.11. The summed E-state index contributed by atoms with van der Waals surface area (Å²) in [7, 11) is 0. The summed E-state index contributed by atoms with van der Waals surface area (Å²) in [6.45, 7) is 2.13. The van der Waals surface area contributed by atoms with Crippen LogP contribution in [-0.2, 0) is 0 Å². The fourth-order valence-corrected chi connectivity index (χ4v) is 4.31. The van der Waals surface area contributed by atoms with Gasteiger partial charge in [0, 0.05) is 27.2 Å². The molecule has 0 spiro atoms. The first-order valence-electron chi connectivity index (χ1n) is 9.22. The molecule has 27 heavy (non-hydrogen) atoms. The van der Waals surface area contributed by atoms with Crippen LogP contribution in [0.4, 0.5) is 0 Å². The van der Waals surface area contributed by atoms with Crippen molar-refractivity contribution in [1.29, 1.82) is 0 Å². The highest BCUT2D eigenvalue weighted by Crippen LogP contribution is 2.36. The Kier molecular flexibility index (Phi) is 2.84. The normalized spacial score (nSPS) is 11.9. The van der Waals surface area contributed by atoms with Crippen molar-refractivity contribution in [2.45, 2.75) is 6.92 Å². The molecule has 128 valence electrons. The van der Waals surface area contributed by atoms with E-state index in [-0.39, 0.29) is 0 Å². The minimum absolute atomic E-state index is 0.940. The third kappa shape index (κ3) is 1.95. The molecule has 6 rings (SSSR count). The molecule has 2 heteroatoms. The summed E-state index contributed by atoms with van der Waals surface area (Å²) in [5.74, 6) is 0. The second kappa shape index (κ2) is 5.24. The highest BCUT2D eigenvalue weighted by molar-refractivity contribution is 6.10. The molecule has 0 saturated heterocycles. The van der Waals surface area contributed by atoms with E-state index in [4.69, 9.17) is 4.42 Å². The van der Waals surface area contributed by atoms with Gasteiger partial charge in [-0.1, -0.05) is 54.6 Å². The van der Waals surface area contributed by atoms with Gasteiger partial charge in [0.15, 0.2) is 0 Å². The topological polar surface area (TPSA) is 18.1 Å². The number of aryl methyl sites for hydroxylation is 1. The summed E-state index contributed by atoms with van der Waals surface area (Å²) >= 11 is 0. The van der Waals surface area contributed by atoms with Crippen molar-refractivity contribution in [3.05, 3.63) is 90.5 Å². The summed E-state index contributed by atoms with van der Waals surface area (Å²) < 4.78 is 8.48. The molecule has 0 radical (unpaired) electrons. The van der Waals surface area contributed by atoms with E-state index in [2.05, 4.69) is 84.3 Å². The number of fused-ring (bicyclic) bond motifs is 6. The van der Waals surface area contributed by atoms with Crippen LogP contribution in [0, 0.1) is 6.92 Å². The molecular formula is C25H17NO. The lowest BCUT2D eigenvalue weighted by atomic mass is 10.1. The second-order valence-electron chi connectivity index (χ2n) is 7.11. The van der Waals surface area contributed by atoms with E-state index < -0.39 is 0 Å². The Hall–Kier alpha value is -3.52. The molecule has 0 amide bonds. The molecule has 0 unspecified atom stereocenters. The lowest BCUT2D eigenvalue weighted by Gasteiger charge is -2.09. The van der Waals surface area contributed by atoms with Crippen LogP contribution in [0.15, 0.2) is 89.3 Å². The van der Waals surface area contributed by atoms with Gasteiger partial charge in [0.2, 0.25) is 0 Å². The minimum Gasteiger partial charge on any atom is -0.456 e. The highest BCUT2D eigenvalue weighted by Gasteiger charge is 2.15. The predicted octanol–water partition coefficient (Wildman–Crippen LogP) is 6.99. The smallest absolute Gasteiger partial charge is 0.138 e. The quantitative estimate of drug-likeness (QED) is 0.313. The van der Waals surface area contributed by atoms with Crippen molar-refractivity contribution >= 4 is 43.7 Å². The highest BCUT2D eigenvalue weighted by atomic mass is 16.3. The van der Waals surface area contributed by atoms with Crippen molar-refractivity contribution in [2.24, 2.45) is 0 Å². The van der Waals surface area contributed by atoms with Gasteiger partial charge >= 0.3 is 0 Å². The standard InChI is InChI=1S/C25H17NO/c1-16-14-17(15-21-20-10-4-7-13-24(20)27-25(16)21)26-22-11-5-2-8-18(22)19-9-3-6-12-23(19)26/h2-15H,1H3. The fourth-order valence-electron chi connectivity index (χ4n) is 4.31. The van der Waals surface area contributed by atoms with E-state index in [1.54, 1.807) is 0 Å². The Bertz CT molecular complexity index is 1430. The Morgan fingerprint density at radius 3 is 1.93 bits per heavy atom. The van der Waals surface area contributed by atoms with Crippen LogP contribution in [0.1, 0.15) is 5.56 Å². The molecule has 0 aliphatic rings. The Labute approximate surface area is 156 Å². The van der Waals surface area contributed by atoms with E-state index in [0.717, 1.165) is 16.7 Å². The van der Waals surface area contributed by atoms with Gasteiger partial charge in [0.1, 0.15) is 11.2 Å². The van der Waals surface area contributed by atoms with Gasteiger partial charge in [-0.15, -0.1) is 0 Å². The first-order chi connectivity index (χ1) is 13.3. The maximum Gasteiger partial charge on any atom is 0.138 e. The summed E-state index contributed by atoms with van der Waals surface area (Å²) in [6, 6.07) is 30.0. The van der Waals surface area contributed by atoms with Crippen molar-refractivity contribution in [2.75, 3.05) is 0 Å². The number of nitrogens with zero attached hydrogens (tertiary/aromatic N) is 1. The van der Waals surface area contributed by atoms with Crippen molar-refractivity contribution in [3.8, 4) is 5.69 Å². The van der Waals surface area contributed by atoms with Crippen LogP contribution in [0.3, 0.4) is 0 Å². The molecule has 0 bridgehead atoms. The number of hydrogen-bond acceptors (Lipinski definition) is 1. The lowest BCUT2D eigenvalue weighted by molar-refractivity contribution is 0.665. The van der Waals surface area contributed by atoms with Gasteiger partial charge in [0.25, 0.3) is 0 Å². The molecule has 0 fully saturated rings. The van der Waals surface area contributed by atoms with E-state index >= 15 is 0 Å². The summed E-state index contributed by atoms with van der Waals surface area (Å²) in [5, 5.41) is 4.89. The number of hydrogen-bond donors (Lipinski definition) is 0. The molecule has 6 aromatic rings. The fraction of sp³-hybridized carbons (Fsp3) is 0.0400. The first-order valence-corrected chi connectivity index (χ1v) is 9.22. The summed E-state index contributed by atoms with van der Waals surface area (Å²) in [6.07, 6.45) is 0. The zero-order valence-corrected chi connectivity index (χ0v) is 14.9. The first kappa shape index (κ1) is 14.6. The van der Waals surface area contributed by atoms with Crippen molar-refractivity contribution in [1.82, 2.24) is 4.57 Å². The Morgan fingerprint density at radius 2 is 1.22 bits per heavy atom. The van der Waals surface area contributed by atoms with Crippen LogP contribution >= 0.6 is 0 Å². The number of para-hydroxylation sites is 3. The van der Waals surface area contributed by atoms with Crippen LogP contribution in [0.5, 0.6) is 0 Å². The minimum atomic E-state index is 0.940. The molecule has 4 aromatic carbocycles. The molecule has 2 heterocycles. The average Bonchev–Trinajstić information content (AvgIpc) is 3.24. The van der Waals surface area contributed by atoms with E-state index in [0.29, 0.717) is 0 Å². The molecule has 2 nitrogen and oxygen atoms in total. The van der Waals surface area contributed by atoms with Crippen LogP contribution in [0.25, 0.3) is 49.4 Å². The monoisotopic (exact) mass is 347 g/mol. The third-order valence-corrected chi connectivity index (χ3v) is 5.49. The van der Waals surface area contributed by atoms with Gasteiger partial charge in [-0.05, 0) is 42.8 Å². The zero-order chi connectivity index (χ0) is 18.0. The predicted molar refractivity (Wildman–Crippen MR) is 113 cm³/mol. The summed E-state index contributed by atoms with van der Waals surface area (Å²) in [4.78, 5) is 0. The number of aromatic nitrogens is 1. The van der Waals surface area contributed by atoms with Crippen LogP contribution < -0.4 is 0 Å². The molecule has 0 atom stereocenters. The molecular weight excluding hydrogens is 330 g/mol. The third-order valence-electron chi connectivity index (χ3n) is 5.49.